The standard InChI is InChI=1S/C23H24N6O/c1-15-12-20(24-14-19(15)28-8-10-30-11-9-28)26-23-25-13-17-3-2-16-6-7-29(18-4-5-18)22(16)21(17)27-23/h2-3,6-7,12-14,18H,4-5,8-11H2,1H3,(H,24,25,26,27). The summed E-state index contributed by atoms with van der Waals surface area (Å²) in [4.78, 5) is 16.3. The number of hydrogen-bond acceptors (Lipinski definition) is 6. The lowest BCUT2D eigenvalue weighted by atomic mass is 10.2. The number of morpholine rings is 1. The molecule has 152 valence electrons. The van der Waals surface area contributed by atoms with Gasteiger partial charge in [-0.2, -0.15) is 0 Å². The zero-order valence-electron chi connectivity index (χ0n) is 17.0. The van der Waals surface area contributed by atoms with Crippen molar-refractivity contribution in [2.24, 2.45) is 0 Å². The van der Waals surface area contributed by atoms with Gasteiger partial charge in [0.1, 0.15) is 11.3 Å². The Morgan fingerprint density at radius 2 is 1.87 bits per heavy atom. The molecule has 2 aliphatic rings. The molecule has 2 fully saturated rings. The van der Waals surface area contributed by atoms with Gasteiger partial charge in [0.05, 0.1) is 30.6 Å². The molecule has 1 saturated carbocycles. The first kappa shape index (κ1) is 17.7. The van der Waals surface area contributed by atoms with Crippen LogP contribution in [0.15, 0.2) is 42.9 Å². The number of benzene rings is 1. The van der Waals surface area contributed by atoms with Crippen LogP contribution in [-0.4, -0.2) is 45.8 Å². The van der Waals surface area contributed by atoms with Crippen LogP contribution < -0.4 is 10.2 Å². The van der Waals surface area contributed by atoms with Crippen LogP contribution in [0.4, 0.5) is 17.5 Å². The van der Waals surface area contributed by atoms with E-state index in [2.05, 4.69) is 62.1 Å². The number of fused-ring (bicyclic) bond motifs is 3. The van der Waals surface area contributed by atoms with Gasteiger partial charge in [-0.3, -0.25) is 0 Å². The Kier molecular flexibility index (Phi) is 4.09. The molecular formula is C23H24N6O. The van der Waals surface area contributed by atoms with Crippen LogP contribution in [0.1, 0.15) is 24.4 Å². The Balaban J connectivity index is 1.34. The average molecular weight is 400 g/mol. The smallest absolute Gasteiger partial charge is 0.228 e. The number of ether oxygens (including phenoxy) is 1. The third-order valence-electron chi connectivity index (χ3n) is 6.05. The fraction of sp³-hybridized carbons (Fsp3) is 0.348. The van der Waals surface area contributed by atoms with Gasteiger partial charge in [-0.15, -0.1) is 0 Å². The van der Waals surface area contributed by atoms with Gasteiger partial charge < -0.3 is 19.5 Å². The van der Waals surface area contributed by atoms with E-state index in [9.17, 15) is 0 Å². The molecule has 0 atom stereocenters. The molecule has 1 aliphatic heterocycles. The minimum absolute atomic E-state index is 0.574. The van der Waals surface area contributed by atoms with Gasteiger partial charge in [0, 0.05) is 42.3 Å². The van der Waals surface area contributed by atoms with E-state index in [0.29, 0.717) is 12.0 Å². The fourth-order valence-corrected chi connectivity index (χ4v) is 4.32. The molecule has 7 heteroatoms. The predicted octanol–water partition coefficient (Wildman–Crippen LogP) is 4.20. The third kappa shape index (κ3) is 3.06. The summed E-state index contributed by atoms with van der Waals surface area (Å²) in [5, 5.41) is 5.58. The highest BCUT2D eigenvalue weighted by Crippen LogP contribution is 2.39. The molecule has 1 N–H and O–H groups in total. The third-order valence-corrected chi connectivity index (χ3v) is 6.05. The lowest BCUT2D eigenvalue weighted by molar-refractivity contribution is 0.122. The maximum absolute atomic E-state index is 5.46. The zero-order chi connectivity index (χ0) is 20.1. The van der Waals surface area contributed by atoms with Crippen molar-refractivity contribution in [1.82, 2.24) is 19.5 Å². The molecule has 1 aromatic carbocycles. The average Bonchev–Trinajstić information content (AvgIpc) is 3.52. The minimum atomic E-state index is 0.574. The number of nitrogens with zero attached hydrogens (tertiary/aromatic N) is 5. The van der Waals surface area contributed by atoms with E-state index in [4.69, 9.17) is 9.72 Å². The van der Waals surface area contributed by atoms with E-state index in [-0.39, 0.29) is 0 Å². The highest BCUT2D eigenvalue weighted by Gasteiger charge is 2.25. The van der Waals surface area contributed by atoms with E-state index >= 15 is 0 Å². The number of aromatic nitrogens is 4. The molecule has 7 nitrogen and oxygen atoms in total. The second kappa shape index (κ2) is 6.95. The normalized spacial score (nSPS) is 17.0. The lowest BCUT2D eigenvalue weighted by Gasteiger charge is -2.29. The van der Waals surface area contributed by atoms with Gasteiger partial charge in [0.2, 0.25) is 5.95 Å². The van der Waals surface area contributed by atoms with Gasteiger partial charge in [-0.05, 0) is 37.5 Å². The molecule has 1 saturated heterocycles. The van der Waals surface area contributed by atoms with E-state index in [1.807, 2.05) is 12.4 Å². The molecule has 0 bridgehead atoms. The Hall–Kier alpha value is -3.19. The van der Waals surface area contributed by atoms with Crippen molar-refractivity contribution in [2.45, 2.75) is 25.8 Å². The van der Waals surface area contributed by atoms with E-state index < -0.39 is 0 Å². The Morgan fingerprint density at radius 3 is 2.67 bits per heavy atom. The summed E-state index contributed by atoms with van der Waals surface area (Å²) in [6.45, 7) is 5.45. The molecule has 6 rings (SSSR count). The SMILES string of the molecule is Cc1cc(Nc2ncc3ccc4ccn(C5CC5)c4c3n2)ncc1N1CCOCC1. The van der Waals surface area contributed by atoms with Gasteiger partial charge in [0.15, 0.2) is 0 Å². The molecule has 1 aliphatic carbocycles. The quantitative estimate of drug-likeness (QED) is 0.554. The van der Waals surface area contributed by atoms with Gasteiger partial charge in [-0.25, -0.2) is 15.0 Å². The summed E-state index contributed by atoms with van der Waals surface area (Å²) < 4.78 is 7.83. The fourth-order valence-electron chi connectivity index (χ4n) is 4.32. The molecule has 0 unspecified atom stereocenters. The van der Waals surface area contributed by atoms with Crippen LogP contribution in [-0.2, 0) is 4.74 Å². The number of aryl methyl sites for hydroxylation is 1. The van der Waals surface area contributed by atoms with Crippen LogP contribution in [0.3, 0.4) is 0 Å². The van der Waals surface area contributed by atoms with Crippen molar-refractivity contribution >= 4 is 39.3 Å². The zero-order valence-corrected chi connectivity index (χ0v) is 17.0. The van der Waals surface area contributed by atoms with E-state index in [0.717, 1.165) is 48.7 Å². The number of pyridine rings is 1. The second-order valence-corrected chi connectivity index (χ2v) is 8.17. The summed E-state index contributed by atoms with van der Waals surface area (Å²) in [5.74, 6) is 1.33. The summed E-state index contributed by atoms with van der Waals surface area (Å²) >= 11 is 0. The molecule has 0 spiro atoms. The maximum atomic E-state index is 5.46. The number of anilines is 3. The first-order valence-corrected chi connectivity index (χ1v) is 10.6. The van der Waals surface area contributed by atoms with E-state index in [1.165, 1.54) is 29.3 Å². The van der Waals surface area contributed by atoms with Crippen molar-refractivity contribution in [3.05, 3.63) is 48.4 Å². The topological polar surface area (TPSA) is 68.1 Å². The number of hydrogen-bond donors (Lipinski definition) is 1. The Morgan fingerprint density at radius 1 is 1.03 bits per heavy atom. The Bertz CT molecular complexity index is 1240. The van der Waals surface area contributed by atoms with Crippen LogP contribution in [0.5, 0.6) is 0 Å². The highest BCUT2D eigenvalue weighted by molar-refractivity contribution is 6.03. The van der Waals surface area contributed by atoms with Crippen LogP contribution >= 0.6 is 0 Å². The van der Waals surface area contributed by atoms with Crippen molar-refractivity contribution in [1.29, 1.82) is 0 Å². The largest absolute Gasteiger partial charge is 0.378 e. The van der Waals surface area contributed by atoms with Crippen molar-refractivity contribution in [3.8, 4) is 0 Å². The van der Waals surface area contributed by atoms with Gasteiger partial charge >= 0.3 is 0 Å². The molecule has 30 heavy (non-hydrogen) atoms. The summed E-state index contributed by atoms with van der Waals surface area (Å²) in [5.41, 5.74) is 4.53. The van der Waals surface area contributed by atoms with E-state index in [1.54, 1.807) is 0 Å². The van der Waals surface area contributed by atoms with Gasteiger partial charge in [-0.1, -0.05) is 12.1 Å². The van der Waals surface area contributed by atoms with Crippen molar-refractivity contribution in [3.63, 3.8) is 0 Å². The highest BCUT2D eigenvalue weighted by atomic mass is 16.5. The van der Waals surface area contributed by atoms with Crippen molar-refractivity contribution < 1.29 is 4.74 Å². The predicted molar refractivity (Wildman–Crippen MR) is 119 cm³/mol. The molecule has 4 heterocycles. The summed E-state index contributed by atoms with van der Waals surface area (Å²) in [6, 6.07) is 9.10. The molecular weight excluding hydrogens is 376 g/mol. The number of rotatable bonds is 4. The first-order chi connectivity index (χ1) is 14.8. The monoisotopic (exact) mass is 400 g/mol. The van der Waals surface area contributed by atoms with Crippen molar-refractivity contribution in [2.75, 3.05) is 36.5 Å². The first-order valence-electron chi connectivity index (χ1n) is 10.6. The molecule has 3 aromatic heterocycles. The Labute approximate surface area is 174 Å². The van der Waals surface area contributed by atoms with Crippen LogP contribution in [0.2, 0.25) is 0 Å². The molecule has 4 aromatic rings. The lowest BCUT2D eigenvalue weighted by Crippen LogP contribution is -2.36. The maximum Gasteiger partial charge on any atom is 0.228 e. The number of nitrogens with one attached hydrogen (secondary N) is 1. The second-order valence-electron chi connectivity index (χ2n) is 8.17. The van der Waals surface area contributed by atoms with Crippen LogP contribution in [0, 0.1) is 6.92 Å². The minimum Gasteiger partial charge on any atom is -0.378 e. The molecule has 0 radical (unpaired) electrons. The van der Waals surface area contributed by atoms with Gasteiger partial charge in [0.25, 0.3) is 0 Å². The summed E-state index contributed by atoms with van der Waals surface area (Å²) in [6.07, 6.45) is 8.50. The molecule has 0 amide bonds. The van der Waals surface area contributed by atoms with Crippen LogP contribution in [0.25, 0.3) is 21.8 Å². The summed E-state index contributed by atoms with van der Waals surface area (Å²) in [7, 11) is 0.